The van der Waals surface area contributed by atoms with Gasteiger partial charge in [-0.1, -0.05) is 12.1 Å². The Morgan fingerprint density at radius 1 is 1.12 bits per heavy atom. The minimum absolute atomic E-state index is 0.200. The van der Waals surface area contributed by atoms with Crippen LogP contribution in [0.3, 0.4) is 0 Å². The quantitative estimate of drug-likeness (QED) is 0.873. The molecule has 0 atom stereocenters. The van der Waals surface area contributed by atoms with E-state index in [-0.39, 0.29) is 5.91 Å². The number of nitriles is 1. The van der Waals surface area contributed by atoms with Crippen LogP contribution >= 0.6 is 0 Å². The highest BCUT2D eigenvalue weighted by Gasteiger charge is 2.18. The van der Waals surface area contributed by atoms with Crippen LogP contribution in [-0.4, -0.2) is 60.0 Å². The topological polar surface area (TPSA) is 85.2 Å². The first-order valence-corrected chi connectivity index (χ1v) is 8.29. The fourth-order valence-electron chi connectivity index (χ4n) is 2.83. The van der Waals surface area contributed by atoms with Crippen LogP contribution in [0.4, 0.5) is 5.95 Å². The number of hydrogen-bond acceptors (Lipinski definition) is 6. The first-order valence-electron chi connectivity index (χ1n) is 8.29. The van der Waals surface area contributed by atoms with Gasteiger partial charge in [0, 0.05) is 51.7 Å². The lowest BCUT2D eigenvalue weighted by atomic mass is 10.1. The van der Waals surface area contributed by atoms with Crippen molar-refractivity contribution in [3.63, 3.8) is 0 Å². The normalized spacial score (nSPS) is 14.8. The molecule has 0 aliphatic carbocycles. The number of carbonyl (C=O) groups excluding carboxylic acids is 1. The Morgan fingerprint density at radius 2 is 1.84 bits per heavy atom. The molecule has 0 saturated carbocycles. The fourth-order valence-corrected chi connectivity index (χ4v) is 2.83. The third kappa shape index (κ3) is 4.31. The van der Waals surface area contributed by atoms with Crippen LogP contribution in [0.2, 0.25) is 0 Å². The van der Waals surface area contributed by atoms with Crippen LogP contribution < -0.4 is 10.2 Å². The molecule has 128 valence electrons. The van der Waals surface area contributed by atoms with Crippen molar-refractivity contribution in [2.45, 2.75) is 0 Å². The van der Waals surface area contributed by atoms with Crippen LogP contribution in [0.25, 0.3) is 0 Å². The molecule has 1 aromatic carbocycles. The summed E-state index contributed by atoms with van der Waals surface area (Å²) in [6, 6.07) is 10.7. The SMILES string of the molecule is N#Cc1ccccc1C(=O)NCCN1CCN(c2ncccn2)CC1. The lowest BCUT2D eigenvalue weighted by molar-refractivity contribution is 0.0947. The second-order valence-corrected chi connectivity index (χ2v) is 5.79. The smallest absolute Gasteiger partial charge is 0.252 e. The molecule has 7 nitrogen and oxygen atoms in total. The Kier molecular flexibility index (Phi) is 5.54. The average Bonchev–Trinajstić information content (AvgIpc) is 2.69. The molecule has 0 spiro atoms. The number of nitrogens with zero attached hydrogens (tertiary/aromatic N) is 5. The molecular weight excluding hydrogens is 316 g/mol. The van der Waals surface area contributed by atoms with E-state index in [1.165, 1.54) is 0 Å². The van der Waals surface area contributed by atoms with Crippen LogP contribution in [-0.2, 0) is 0 Å². The second-order valence-electron chi connectivity index (χ2n) is 5.79. The zero-order chi connectivity index (χ0) is 17.5. The molecule has 7 heteroatoms. The first-order chi connectivity index (χ1) is 12.3. The molecule has 0 radical (unpaired) electrons. The summed E-state index contributed by atoms with van der Waals surface area (Å²) in [5.74, 6) is 0.567. The van der Waals surface area contributed by atoms with Gasteiger partial charge in [-0.25, -0.2) is 9.97 Å². The van der Waals surface area contributed by atoms with E-state index in [9.17, 15) is 4.79 Å². The van der Waals surface area contributed by atoms with Gasteiger partial charge < -0.3 is 10.2 Å². The zero-order valence-corrected chi connectivity index (χ0v) is 13.9. The van der Waals surface area contributed by atoms with Gasteiger partial charge in [0.2, 0.25) is 5.95 Å². The third-order valence-corrected chi connectivity index (χ3v) is 4.21. The van der Waals surface area contributed by atoms with Gasteiger partial charge in [-0.3, -0.25) is 9.69 Å². The van der Waals surface area contributed by atoms with Gasteiger partial charge in [0.15, 0.2) is 0 Å². The number of nitrogens with one attached hydrogen (secondary N) is 1. The standard InChI is InChI=1S/C18H20N6O/c19-14-15-4-1-2-5-16(15)17(25)20-8-9-23-10-12-24(13-11-23)18-21-6-3-7-22-18/h1-7H,8-13H2,(H,20,25). The highest BCUT2D eigenvalue weighted by atomic mass is 16.1. The van der Waals surface area contributed by atoms with E-state index in [2.05, 4.69) is 25.1 Å². The number of anilines is 1. The summed E-state index contributed by atoms with van der Waals surface area (Å²) >= 11 is 0. The maximum atomic E-state index is 12.2. The Labute approximate surface area is 146 Å². The third-order valence-electron chi connectivity index (χ3n) is 4.21. The van der Waals surface area contributed by atoms with Crippen molar-refractivity contribution in [3.05, 3.63) is 53.9 Å². The Bertz CT molecular complexity index is 750. The van der Waals surface area contributed by atoms with Gasteiger partial charge in [0.1, 0.15) is 0 Å². The lowest BCUT2D eigenvalue weighted by Crippen LogP contribution is -2.49. The molecule has 2 aromatic rings. The predicted octanol–water partition coefficient (Wildman–Crippen LogP) is 0.900. The molecule has 1 aliphatic heterocycles. The monoisotopic (exact) mass is 336 g/mol. The van der Waals surface area contributed by atoms with Crippen LogP contribution in [0, 0.1) is 11.3 Å². The predicted molar refractivity (Wildman–Crippen MR) is 94.2 cm³/mol. The summed E-state index contributed by atoms with van der Waals surface area (Å²) in [6.07, 6.45) is 3.51. The van der Waals surface area contributed by atoms with Gasteiger partial charge in [0.25, 0.3) is 5.91 Å². The van der Waals surface area contributed by atoms with E-state index in [1.807, 2.05) is 12.1 Å². The van der Waals surface area contributed by atoms with E-state index in [1.54, 1.807) is 36.7 Å². The van der Waals surface area contributed by atoms with E-state index in [0.717, 1.165) is 38.7 Å². The Morgan fingerprint density at radius 3 is 2.56 bits per heavy atom. The highest BCUT2D eigenvalue weighted by molar-refractivity contribution is 5.96. The molecule has 3 rings (SSSR count). The molecule has 1 aromatic heterocycles. The Balaban J connectivity index is 1.43. The number of amides is 1. The fraction of sp³-hybridized carbons (Fsp3) is 0.333. The van der Waals surface area contributed by atoms with Gasteiger partial charge in [-0.15, -0.1) is 0 Å². The highest BCUT2D eigenvalue weighted by Crippen LogP contribution is 2.09. The van der Waals surface area contributed by atoms with E-state index in [0.29, 0.717) is 17.7 Å². The van der Waals surface area contributed by atoms with Crippen molar-refractivity contribution in [2.24, 2.45) is 0 Å². The zero-order valence-electron chi connectivity index (χ0n) is 13.9. The van der Waals surface area contributed by atoms with Gasteiger partial charge in [-0.05, 0) is 18.2 Å². The molecule has 2 heterocycles. The molecule has 1 N–H and O–H groups in total. The summed E-state index contributed by atoms with van der Waals surface area (Å²) in [5, 5.41) is 12.0. The minimum Gasteiger partial charge on any atom is -0.351 e. The minimum atomic E-state index is -0.200. The van der Waals surface area contributed by atoms with E-state index >= 15 is 0 Å². The second kappa shape index (κ2) is 8.22. The molecule has 1 aliphatic rings. The number of rotatable bonds is 5. The Hall–Kier alpha value is -2.98. The largest absolute Gasteiger partial charge is 0.351 e. The molecule has 25 heavy (non-hydrogen) atoms. The average molecular weight is 336 g/mol. The first kappa shape index (κ1) is 16.9. The van der Waals surface area contributed by atoms with E-state index in [4.69, 9.17) is 5.26 Å². The van der Waals surface area contributed by atoms with Crippen LogP contribution in [0.1, 0.15) is 15.9 Å². The van der Waals surface area contributed by atoms with Crippen molar-refractivity contribution in [1.29, 1.82) is 5.26 Å². The van der Waals surface area contributed by atoms with Gasteiger partial charge >= 0.3 is 0 Å². The molecule has 0 unspecified atom stereocenters. The summed E-state index contributed by atoms with van der Waals surface area (Å²) in [7, 11) is 0. The summed E-state index contributed by atoms with van der Waals surface area (Å²) < 4.78 is 0. The van der Waals surface area contributed by atoms with Crippen molar-refractivity contribution in [3.8, 4) is 6.07 Å². The molecular formula is C18H20N6O. The van der Waals surface area contributed by atoms with Crippen LogP contribution in [0.5, 0.6) is 0 Å². The van der Waals surface area contributed by atoms with Crippen molar-refractivity contribution < 1.29 is 4.79 Å². The summed E-state index contributed by atoms with van der Waals surface area (Å²) in [4.78, 5) is 25.2. The summed E-state index contributed by atoms with van der Waals surface area (Å²) in [5.41, 5.74) is 0.826. The maximum Gasteiger partial charge on any atom is 0.252 e. The maximum absolute atomic E-state index is 12.2. The molecule has 0 bridgehead atoms. The van der Waals surface area contributed by atoms with Crippen molar-refractivity contribution >= 4 is 11.9 Å². The number of piperazine rings is 1. The van der Waals surface area contributed by atoms with Gasteiger partial charge in [0.05, 0.1) is 17.2 Å². The number of aromatic nitrogens is 2. The van der Waals surface area contributed by atoms with Crippen molar-refractivity contribution in [1.82, 2.24) is 20.2 Å². The number of carbonyl (C=O) groups is 1. The van der Waals surface area contributed by atoms with E-state index < -0.39 is 0 Å². The molecule has 1 fully saturated rings. The number of hydrogen-bond donors (Lipinski definition) is 1. The lowest BCUT2D eigenvalue weighted by Gasteiger charge is -2.34. The van der Waals surface area contributed by atoms with Gasteiger partial charge in [-0.2, -0.15) is 5.26 Å². The number of benzene rings is 1. The molecule has 1 amide bonds. The molecule has 1 saturated heterocycles. The van der Waals surface area contributed by atoms with Crippen LogP contribution in [0.15, 0.2) is 42.7 Å². The van der Waals surface area contributed by atoms with Crippen molar-refractivity contribution in [2.75, 3.05) is 44.2 Å². The summed E-state index contributed by atoms with van der Waals surface area (Å²) in [6.45, 7) is 4.89.